The molecule has 2 N–H and O–H groups in total. The van der Waals surface area contributed by atoms with Gasteiger partial charge in [0.05, 0.1) is 0 Å². The highest BCUT2D eigenvalue weighted by Crippen LogP contribution is 2.14. The highest BCUT2D eigenvalue weighted by atomic mass is 14.5. The molecule has 1 heteroatoms. The molecule has 0 atom stereocenters. The van der Waals surface area contributed by atoms with E-state index in [0.717, 1.165) is 18.5 Å². The van der Waals surface area contributed by atoms with Crippen LogP contribution in [0.2, 0.25) is 0 Å². The van der Waals surface area contributed by atoms with Gasteiger partial charge in [-0.1, -0.05) is 33.8 Å². The molecule has 1 rings (SSSR count). The lowest BCUT2D eigenvalue weighted by atomic mass is 10.0. The van der Waals surface area contributed by atoms with E-state index in [0.29, 0.717) is 0 Å². The summed E-state index contributed by atoms with van der Waals surface area (Å²) in [7, 11) is 0. The van der Waals surface area contributed by atoms with Gasteiger partial charge in [-0.25, -0.2) is 0 Å². The quantitative estimate of drug-likeness (QED) is 0.692. The summed E-state index contributed by atoms with van der Waals surface area (Å²) in [6, 6.07) is 6.16. The van der Waals surface area contributed by atoms with E-state index in [2.05, 4.69) is 26.0 Å². The standard InChI is InChI=1S/C10H15N.C2H6/c1-3-8-5-6-10(11)7-9(8)4-2;1-2/h5-7H,3-4,11H2,1-2H3;1-2H3. The number of rotatable bonds is 2. The average molecular weight is 179 g/mol. The SMILES string of the molecule is CC.CCc1ccc(N)cc1CC. The van der Waals surface area contributed by atoms with Crippen molar-refractivity contribution >= 4 is 5.69 Å². The topological polar surface area (TPSA) is 26.0 Å². The molecule has 0 radical (unpaired) electrons. The summed E-state index contributed by atoms with van der Waals surface area (Å²) in [6.07, 6.45) is 2.18. The van der Waals surface area contributed by atoms with E-state index >= 15 is 0 Å². The Hall–Kier alpha value is -0.980. The zero-order valence-corrected chi connectivity index (χ0v) is 9.22. The summed E-state index contributed by atoms with van der Waals surface area (Å²) < 4.78 is 0. The summed E-state index contributed by atoms with van der Waals surface area (Å²) in [4.78, 5) is 0. The van der Waals surface area contributed by atoms with E-state index in [4.69, 9.17) is 5.73 Å². The maximum Gasteiger partial charge on any atom is 0.0316 e. The molecule has 0 saturated heterocycles. The van der Waals surface area contributed by atoms with E-state index < -0.39 is 0 Å². The fourth-order valence-corrected chi connectivity index (χ4v) is 1.32. The largest absolute Gasteiger partial charge is 0.399 e. The van der Waals surface area contributed by atoms with Gasteiger partial charge in [-0.15, -0.1) is 0 Å². The Bertz CT molecular complexity index is 241. The molecule has 0 saturated carbocycles. The molecule has 0 aromatic heterocycles. The van der Waals surface area contributed by atoms with Gasteiger partial charge in [-0.2, -0.15) is 0 Å². The van der Waals surface area contributed by atoms with Crippen LogP contribution < -0.4 is 5.73 Å². The Balaban J connectivity index is 0.000000671. The van der Waals surface area contributed by atoms with Gasteiger partial charge in [-0.05, 0) is 36.1 Å². The number of nitrogens with two attached hydrogens (primary N) is 1. The van der Waals surface area contributed by atoms with Gasteiger partial charge >= 0.3 is 0 Å². The lowest BCUT2D eigenvalue weighted by Crippen LogP contribution is -1.93. The molecule has 0 spiro atoms. The third kappa shape index (κ3) is 3.49. The van der Waals surface area contributed by atoms with Crippen LogP contribution in [0.25, 0.3) is 0 Å². The molecule has 13 heavy (non-hydrogen) atoms. The van der Waals surface area contributed by atoms with Gasteiger partial charge in [-0.3, -0.25) is 0 Å². The van der Waals surface area contributed by atoms with Crippen LogP contribution in [0.15, 0.2) is 18.2 Å². The van der Waals surface area contributed by atoms with Crippen molar-refractivity contribution in [2.24, 2.45) is 0 Å². The van der Waals surface area contributed by atoms with Crippen molar-refractivity contribution in [3.63, 3.8) is 0 Å². The van der Waals surface area contributed by atoms with Crippen molar-refractivity contribution in [2.45, 2.75) is 40.5 Å². The van der Waals surface area contributed by atoms with E-state index in [-0.39, 0.29) is 0 Å². The van der Waals surface area contributed by atoms with E-state index in [1.54, 1.807) is 0 Å². The van der Waals surface area contributed by atoms with Crippen LogP contribution in [0, 0.1) is 0 Å². The van der Waals surface area contributed by atoms with Crippen molar-refractivity contribution in [1.82, 2.24) is 0 Å². The van der Waals surface area contributed by atoms with Crippen molar-refractivity contribution < 1.29 is 0 Å². The second-order valence-corrected chi connectivity index (χ2v) is 2.74. The molecule has 1 aromatic carbocycles. The smallest absolute Gasteiger partial charge is 0.0316 e. The second kappa shape index (κ2) is 6.53. The van der Waals surface area contributed by atoms with Crippen molar-refractivity contribution in [2.75, 3.05) is 5.73 Å². The summed E-state index contributed by atoms with van der Waals surface area (Å²) in [6.45, 7) is 8.33. The van der Waals surface area contributed by atoms with E-state index in [1.807, 2.05) is 19.9 Å². The molecule has 0 amide bonds. The number of nitrogen functional groups attached to an aromatic ring is 1. The molecule has 0 aliphatic carbocycles. The zero-order valence-electron chi connectivity index (χ0n) is 9.22. The Kier molecular flexibility index (Phi) is 6.03. The summed E-state index contributed by atoms with van der Waals surface area (Å²) in [5, 5.41) is 0. The number of hydrogen-bond donors (Lipinski definition) is 1. The van der Waals surface area contributed by atoms with Crippen LogP contribution in [0.4, 0.5) is 5.69 Å². The maximum absolute atomic E-state index is 5.66. The minimum Gasteiger partial charge on any atom is -0.399 e. The van der Waals surface area contributed by atoms with Gasteiger partial charge in [0.2, 0.25) is 0 Å². The molecule has 1 nitrogen and oxygen atoms in total. The van der Waals surface area contributed by atoms with Gasteiger partial charge in [0.25, 0.3) is 0 Å². The molecule has 1 aromatic rings. The van der Waals surface area contributed by atoms with Gasteiger partial charge in [0.1, 0.15) is 0 Å². The Morgan fingerprint density at radius 1 is 1.00 bits per heavy atom. The van der Waals surface area contributed by atoms with Gasteiger partial charge < -0.3 is 5.73 Å². The predicted molar refractivity (Wildman–Crippen MR) is 61.0 cm³/mol. The van der Waals surface area contributed by atoms with Crippen molar-refractivity contribution in [3.05, 3.63) is 29.3 Å². The lowest BCUT2D eigenvalue weighted by molar-refractivity contribution is 1.04. The third-order valence-corrected chi connectivity index (χ3v) is 1.99. The number of aryl methyl sites for hydroxylation is 2. The number of benzene rings is 1. The maximum atomic E-state index is 5.66. The Labute approximate surface area is 82.0 Å². The minimum absolute atomic E-state index is 0.874. The first kappa shape index (κ1) is 12.0. The second-order valence-electron chi connectivity index (χ2n) is 2.74. The average Bonchev–Trinajstić information content (AvgIpc) is 2.20. The molecule has 0 bridgehead atoms. The van der Waals surface area contributed by atoms with E-state index in [1.165, 1.54) is 11.1 Å². The molecular formula is C12H21N. The molecule has 0 heterocycles. The van der Waals surface area contributed by atoms with Gasteiger partial charge in [0, 0.05) is 5.69 Å². The number of anilines is 1. The monoisotopic (exact) mass is 179 g/mol. The molecular weight excluding hydrogens is 158 g/mol. The van der Waals surface area contributed by atoms with Crippen LogP contribution in [0.1, 0.15) is 38.8 Å². The number of hydrogen-bond acceptors (Lipinski definition) is 1. The first-order chi connectivity index (χ1) is 6.27. The van der Waals surface area contributed by atoms with Crippen LogP contribution in [-0.4, -0.2) is 0 Å². The molecule has 0 aliphatic heterocycles. The van der Waals surface area contributed by atoms with Crippen LogP contribution in [0.3, 0.4) is 0 Å². The minimum atomic E-state index is 0.874. The molecule has 0 aliphatic rings. The molecule has 74 valence electrons. The lowest BCUT2D eigenvalue weighted by Gasteiger charge is -2.05. The predicted octanol–water partition coefficient (Wildman–Crippen LogP) is 3.42. The molecule has 0 unspecified atom stereocenters. The zero-order chi connectivity index (χ0) is 10.3. The molecule has 0 fully saturated rings. The highest BCUT2D eigenvalue weighted by molar-refractivity contribution is 5.44. The first-order valence-electron chi connectivity index (χ1n) is 5.15. The third-order valence-electron chi connectivity index (χ3n) is 1.99. The Morgan fingerprint density at radius 2 is 1.54 bits per heavy atom. The fraction of sp³-hybridized carbons (Fsp3) is 0.500. The summed E-state index contributed by atoms with van der Waals surface area (Å²) >= 11 is 0. The Morgan fingerprint density at radius 3 is 2.00 bits per heavy atom. The van der Waals surface area contributed by atoms with Crippen LogP contribution in [0.5, 0.6) is 0 Å². The van der Waals surface area contributed by atoms with Crippen molar-refractivity contribution in [1.29, 1.82) is 0 Å². The normalized spacial score (nSPS) is 8.92. The van der Waals surface area contributed by atoms with E-state index in [9.17, 15) is 0 Å². The first-order valence-corrected chi connectivity index (χ1v) is 5.15. The highest BCUT2D eigenvalue weighted by Gasteiger charge is 1.97. The van der Waals surface area contributed by atoms with Crippen LogP contribution >= 0.6 is 0 Å². The van der Waals surface area contributed by atoms with Gasteiger partial charge in [0.15, 0.2) is 0 Å². The van der Waals surface area contributed by atoms with Crippen molar-refractivity contribution in [3.8, 4) is 0 Å². The van der Waals surface area contributed by atoms with Crippen LogP contribution in [-0.2, 0) is 12.8 Å². The fourth-order valence-electron chi connectivity index (χ4n) is 1.32. The summed E-state index contributed by atoms with van der Waals surface area (Å²) in [5.41, 5.74) is 9.33. The summed E-state index contributed by atoms with van der Waals surface area (Å²) in [5.74, 6) is 0.